The average Bonchev–Trinajstić information content (AvgIpc) is 2.84. The van der Waals surface area contributed by atoms with Crippen LogP contribution in [0.1, 0.15) is 11.1 Å². The first kappa shape index (κ1) is 21.8. The van der Waals surface area contributed by atoms with Gasteiger partial charge in [-0.05, 0) is 54.4 Å². The predicted octanol–water partition coefficient (Wildman–Crippen LogP) is 4.36. The van der Waals surface area contributed by atoms with E-state index in [1.807, 2.05) is 47.4 Å². The SMILES string of the molecule is COc1ccc(N(CC(=O)N2CCN(c3cccc(C)c3)CC2)Cc2ccccc2)cc1. The maximum absolute atomic E-state index is 13.2. The van der Waals surface area contributed by atoms with Crippen LogP contribution in [0.25, 0.3) is 0 Å². The molecular formula is C27H31N3O2. The van der Waals surface area contributed by atoms with Gasteiger partial charge in [0.25, 0.3) is 0 Å². The van der Waals surface area contributed by atoms with Crippen molar-refractivity contribution in [1.82, 2.24) is 4.90 Å². The van der Waals surface area contributed by atoms with Gasteiger partial charge in [-0.25, -0.2) is 0 Å². The molecule has 1 amide bonds. The quantitative estimate of drug-likeness (QED) is 0.559. The van der Waals surface area contributed by atoms with Crippen molar-refractivity contribution in [1.29, 1.82) is 0 Å². The maximum atomic E-state index is 13.2. The zero-order valence-corrected chi connectivity index (χ0v) is 18.9. The van der Waals surface area contributed by atoms with Gasteiger partial charge in [-0.15, -0.1) is 0 Å². The van der Waals surface area contributed by atoms with E-state index in [0.29, 0.717) is 13.1 Å². The minimum atomic E-state index is 0.167. The third kappa shape index (κ3) is 5.41. The molecule has 32 heavy (non-hydrogen) atoms. The van der Waals surface area contributed by atoms with Crippen molar-refractivity contribution in [2.75, 3.05) is 49.6 Å². The molecule has 1 saturated heterocycles. The summed E-state index contributed by atoms with van der Waals surface area (Å²) in [5, 5.41) is 0. The van der Waals surface area contributed by atoms with E-state index in [9.17, 15) is 4.79 Å². The van der Waals surface area contributed by atoms with Crippen LogP contribution in [0.2, 0.25) is 0 Å². The fourth-order valence-corrected chi connectivity index (χ4v) is 4.14. The minimum absolute atomic E-state index is 0.167. The monoisotopic (exact) mass is 429 g/mol. The Bertz CT molecular complexity index is 1010. The molecule has 0 spiro atoms. The Balaban J connectivity index is 1.42. The number of piperazine rings is 1. The molecule has 1 heterocycles. The number of methoxy groups -OCH3 is 1. The highest BCUT2D eigenvalue weighted by Gasteiger charge is 2.23. The molecule has 0 bridgehead atoms. The Morgan fingerprint density at radius 2 is 1.62 bits per heavy atom. The molecule has 3 aromatic rings. The highest BCUT2D eigenvalue weighted by molar-refractivity contribution is 5.82. The highest BCUT2D eigenvalue weighted by atomic mass is 16.5. The van der Waals surface area contributed by atoms with Gasteiger partial charge in [0.2, 0.25) is 5.91 Å². The molecule has 0 radical (unpaired) electrons. The van der Waals surface area contributed by atoms with Crippen LogP contribution < -0.4 is 14.5 Å². The summed E-state index contributed by atoms with van der Waals surface area (Å²) in [4.78, 5) is 19.7. The lowest BCUT2D eigenvalue weighted by atomic mass is 10.1. The summed E-state index contributed by atoms with van der Waals surface area (Å²) in [6.45, 7) is 6.35. The number of carbonyl (C=O) groups is 1. The molecular weight excluding hydrogens is 398 g/mol. The third-order valence-corrected chi connectivity index (χ3v) is 5.98. The van der Waals surface area contributed by atoms with Gasteiger partial charge < -0.3 is 19.4 Å². The first-order valence-electron chi connectivity index (χ1n) is 11.1. The third-order valence-electron chi connectivity index (χ3n) is 5.98. The molecule has 1 aliphatic rings. The second-order valence-electron chi connectivity index (χ2n) is 8.25. The Morgan fingerprint density at radius 3 is 2.28 bits per heavy atom. The first-order chi connectivity index (χ1) is 15.6. The van der Waals surface area contributed by atoms with Crippen LogP contribution in [0.15, 0.2) is 78.9 Å². The van der Waals surface area contributed by atoms with E-state index in [4.69, 9.17) is 4.74 Å². The Morgan fingerprint density at radius 1 is 0.906 bits per heavy atom. The Kier molecular flexibility index (Phi) is 6.95. The number of carbonyl (C=O) groups excluding carboxylic acids is 1. The molecule has 1 aliphatic heterocycles. The van der Waals surface area contributed by atoms with Gasteiger partial charge in [-0.3, -0.25) is 4.79 Å². The molecule has 0 saturated carbocycles. The van der Waals surface area contributed by atoms with E-state index < -0.39 is 0 Å². The lowest BCUT2D eigenvalue weighted by Crippen LogP contribution is -2.51. The van der Waals surface area contributed by atoms with Gasteiger partial charge in [0.1, 0.15) is 5.75 Å². The van der Waals surface area contributed by atoms with Gasteiger partial charge in [0.15, 0.2) is 0 Å². The molecule has 0 aromatic heterocycles. The van der Waals surface area contributed by atoms with Crippen LogP contribution in [-0.4, -0.2) is 50.6 Å². The highest BCUT2D eigenvalue weighted by Crippen LogP contribution is 2.22. The number of ether oxygens (including phenoxy) is 1. The maximum Gasteiger partial charge on any atom is 0.242 e. The molecule has 5 heteroatoms. The number of rotatable bonds is 7. The molecule has 0 unspecified atom stereocenters. The Labute approximate surface area is 190 Å². The van der Waals surface area contributed by atoms with E-state index >= 15 is 0 Å². The summed E-state index contributed by atoms with van der Waals surface area (Å²) >= 11 is 0. The molecule has 0 N–H and O–H groups in total. The topological polar surface area (TPSA) is 36.0 Å². The summed E-state index contributed by atoms with van der Waals surface area (Å²) in [5.74, 6) is 0.979. The normalized spacial score (nSPS) is 13.7. The number of nitrogens with zero attached hydrogens (tertiary/aromatic N) is 3. The molecule has 1 fully saturated rings. The Hall–Kier alpha value is -3.47. The average molecular weight is 430 g/mol. The van der Waals surface area contributed by atoms with E-state index in [2.05, 4.69) is 53.1 Å². The van der Waals surface area contributed by atoms with E-state index in [1.54, 1.807) is 7.11 Å². The zero-order chi connectivity index (χ0) is 22.3. The van der Waals surface area contributed by atoms with Crippen molar-refractivity contribution in [2.45, 2.75) is 13.5 Å². The summed E-state index contributed by atoms with van der Waals surface area (Å²) in [7, 11) is 1.66. The van der Waals surface area contributed by atoms with Crippen molar-refractivity contribution in [3.63, 3.8) is 0 Å². The first-order valence-corrected chi connectivity index (χ1v) is 11.1. The summed E-state index contributed by atoms with van der Waals surface area (Å²) in [6.07, 6.45) is 0. The number of hydrogen-bond donors (Lipinski definition) is 0. The lowest BCUT2D eigenvalue weighted by molar-refractivity contribution is -0.130. The van der Waals surface area contributed by atoms with E-state index in [0.717, 1.165) is 37.6 Å². The van der Waals surface area contributed by atoms with Crippen molar-refractivity contribution < 1.29 is 9.53 Å². The van der Waals surface area contributed by atoms with E-state index in [1.165, 1.54) is 16.8 Å². The smallest absolute Gasteiger partial charge is 0.242 e. The zero-order valence-electron chi connectivity index (χ0n) is 18.9. The van der Waals surface area contributed by atoms with Crippen LogP contribution in [-0.2, 0) is 11.3 Å². The molecule has 0 atom stereocenters. The fourth-order valence-electron chi connectivity index (χ4n) is 4.14. The van der Waals surface area contributed by atoms with Gasteiger partial charge in [0.05, 0.1) is 13.7 Å². The second-order valence-corrected chi connectivity index (χ2v) is 8.25. The fraction of sp³-hybridized carbons (Fsp3) is 0.296. The van der Waals surface area contributed by atoms with Crippen LogP contribution in [0.4, 0.5) is 11.4 Å². The number of benzene rings is 3. The van der Waals surface area contributed by atoms with Crippen molar-refractivity contribution >= 4 is 17.3 Å². The largest absolute Gasteiger partial charge is 0.497 e. The van der Waals surface area contributed by atoms with Gasteiger partial charge in [0, 0.05) is 44.1 Å². The van der Waals surface area contributed by atoms with Crippen LogP contribution in [0, 0.1) is 6.92 Å². The minimum Gasteiger partial charge on any atom is -0.497 e. The van der Waals surface area contributed by atoms with Crippen molar-refractivity contribution in [3.05, 3.63) is 90.0 Å². The second kappa shape index (κ2) is 10.2. The summed E-state index contributed by atoms with van der Waals surface area (Å²) in [6, 6.07) is 26.8. The molecule has 3 aromatic carbocycles. The molecule has 5 nitrogen and oxygen atoms in total. The van der Waals surface area contributed by atoms with Crippen LogP contribution in [0.5, 0.6) is 5.75 Å². The standard InChI is InChI=1S/C27H31N3O2/c1-22-7-6-10-25(19-22)28-15-17-29(18-16-28)27(31)21-30(20-23-8-4-3-5-9-23)24-11-13-26(32-2)14-12-24/h3-14,19H,15-18,20-21H2,1-2H3. The summed E-state index contributed by atoms with van der Waals surface area (Å²) in [5.41, 5.74) is 4.69. The number of aryl methyl sites for hydroxylation is 1. The molecule has 0 aliphatic carbocycles. The van der Waals surface area contributed by atoms with Crippen molar-refractivity contribution in [3.8, 4) is 5.75 Å². The molecule has 166 valence electrons. The number of anilines is 2. The van der Waals surface area contributed by atoms with Crippen molar-refractivity contribution in [2.24, 2.45) is 0 Å². The predicted molar refractivity (Wildman–Crippen MR) is 130 cm³/mol. The van der Waals surface area contributed by atoms with Crippen LogP contribution in [0.3, 0.4) is 0 Å². The summed E-state index contributed by atoms with van der Waals surface area (Å²) < 4.78 is 5.30. The van der Waals surface area contributed by atoms with Crippen LogP contribution >= 0.6 is 0 Å². The van der Waals surface area contributed by atoms with Gasteiger partial charge in [-0.1, -0.05) is 42.5 Å². The van der Waals surface area contributed by atoms with Gasteiger partial charge >= 0.3 is 0 Å². The number of hydrogen-bond acceptors (Lipinski definition) is 4. The van der Waals surface area contributed by atoms with E-state index in [-0.39, 0.29) is 5.91 Å². The van der Waals surface area contributed by atoms with Gasteiger partial charge in [-0.2, -0.15) is 0 Å². The lowest BCUT2D eigenvalue weighted by Gasteiger charge is -2.37. The molecule has 4 rings (SSSR count). The number of amides is 1.